The summed E-state index contributed by atoms with van der Waals surface area (Å²) in [4.78, 5) is 14.0. The van der Waals surface area contributed by atoms with Gasteiger partial charge in [0.15, 0.2) is 0 Å². The Balaban J connectivity index is 2.27. The average molecular weight is 214 g/mol. The van der Waals surface area contributed by atoms with Crippen LogP contribution in [0.3, 0.4) is 0 Å². The predicted octanol–water partition coefficient (Wildman–Crippen LogP) is 1.31. The Bertz CT molecular complexity index is 226. The second kappa shape index (κ2) is 5.29. The van der Waals surface area contributed by atoms with Crippen LogP contribution in [0, 0.1) is 5.92 Å². The fraction of sp³-hybridized carbons (Fsp3) is 0.800. The molecule has 1 fully saturated rings. The third-order valence-corrected chi connectivity index (χ3v) is 2.73. The topological polar surface area (TPSA) is 46.3 Å². The van der Waals surface area contributed by atoms with Gasteiger partial charge in [0.2, 0.25) is 5.91 Å². The lowest BCUT2D eigenvalue weighted by molar-refractivity contribution is -0.131. The fourth-order valence-electron chi connectivity index (χ4n) is 1.40. The molecule has 0 aliphatic heterocycles. The number of carbonyl (C=O) groups is 1. The van der Waals surface area contributed by atoms with Gasteiger partial charge in [0.05, 0.1) is 4.99 Å². The highest BCUT2D eigenvalue weighted by atomic mass is 32.1. The van der Waals surface area contributed by atoms with Gasteiger partial charge in [-0.05, 0) is 25.7 Å². The van der Waals surface area contributed by atoms with E-state index >= 15 is 0 Å². The Hall–Kier alpha value is -0.640. The predicted molar refractivity (Wildman–Crippen MR) is 61.0 cm³/mol. The van der Waals surface area contributed by atoms with Crippen LogP contribution in [0.25, 0.3) is 0 Å². The van der Waals surface area contributed by atoms with Gasteiger partial charge in [-0.2, -0.15) is 0 Å². The molecule has 1 amide bonds. The Labute approximate surface area is 90.6 Å². The molecule has 1 aliphatic carbocycles. The molecule has 1 aliphatic rings. The van der Waals surface area contributed by atoms with Crippen molar-refractivity contribution in [1.82, 2.24) is 4.90 Å². The molecule has 0 bridgehead atoms. The van der Waals surface area contributed by atoms with Crippen molar-refractivity contribution in [3.05, 3.63) is 0 Å². The van der Waals surface area contributed by atoms with E-state index in [9.17, 15) is 4.79 Å². The van der Waals surface area contributed by atoms with Crippen molar-refractivity contribution in [1.29, 1.82) is 0 Å². The van der Waals surface area contributed by atoms with E-state index in [0.29, 0.717) is 30.3 Å². The SMILES string of the molecule is CCN(CCC(N)=S)C(=O)CC1CC1. The van der Waals surface area contributed by atoms with Gasteiger partial charge in [0.25, 0.3) is 0 Å². The highest BCUT2D eigenvalue weighted by molar-refractivity contribution is 7.80. The van der Waals surface area contributed by atoms with Crippen molar-refractivity contribution in [2.75, 3.05) is 13.1 Å². The lowest BCUT2D eigenvalue weighted by Gasteiger charge is -2.20. The number of carbonyl (C=O) groups excluding carboxylic acids is 1. The van der Waals surface area contributed by atoms with Gasteiger partial charge in [-0.15, -0.1) is 0 Å². The van der Waals surface area contributed by atoms with Crippen molar-refractivity contribution in [2.45, 2.75) is 32.6 Å². The molecule has 80 valence electrons. The highest BCUT2D eigenvalue weighted by Gasteiger charge is 2.26. The molecule has 0 aromatic heterocycles. The number of amides is 1. The number of rotatable bonds is 6. The maximum atomic E-state index is 11.7. The molecule has 3 nitrogen and oxygen atoms in total. The zero-order valence-corrected chi connectivity index (χ0v) is 9.48. The van der Waals surface area contributed by atoms with Gasteiger partial charge in [-0.25, -0.2) is 0 Å². The molecule has 2 N–H and O–H groups in total. The first-order chi connectivity index (χ1) is 6.63. The maximum Gasteiger partial charge on any atom is 0.222 e. The van der Waals surface area contributed by atoms with E-state index < -0.39 is 0 Å². The summed E-state index contributed by atoms with van der Waals surface area (Å²) < 4.78 is 0. The second-order valence-electron chi connectivity index (χ2n) is 3.84. The molecule has 0 atom stereocenters. The largest absolute Gasteiger partial charge is 0.393 e. The van der Waals surface area contributed by atoms with E-state index in [1.807, 2.05) is 11.8 Å². The van der Waals surface area contributed by atoms with Gasteiger partial charge in [-0.1, -0.05) is 12.2 Å². The Morgan fingerprint density at radius 1 is 1.57 bits per heavy atom. The summed E-state index contributed by atoms with van der Waals surface area (Å²) in [7, 11) is 0. The summed E-state index contributed by atoms with van der Waals surface area (Å²) in [5, 5.41) is 0. The monoisotopic (exact) mass is 214 g/mol. The minimum Gasteiger partial charge on any atom is -0.393 e. The minimum absolute atomic E-state index is 0.256. The van der Waals surface area contributed by atoms with E-state index in [0.717, 1.165) is 6.54 Å². The highest BCUT2D eigenvalue weighted by Crippen LogP contribution is 2.32. The van der Waals surface area contributed by atoms with Crippen molar-refractivity contribution >= 4 is 23.1 Å². The summed E-state index contributed by atoms with van der Waals surface area (Å²) in [6.07, 6.45) is 3.79. The lowest BCUT2D eigenvalue weighted by Crippen LogP contribution is -2.33. The normalized spacial score (nSPS) is 15.2. The molecule has 1 saturated carbocycles. The average Bonchev–Trinajstić information content (AvgIpc) is 2.88. The van der Waals surface area contributed by atoms with Crippen molar-refractivity contribution < 1.29 is 4.79 Å². The quantitative estimate of drug-likeness (QED) is 0.678. The van der Waals surface area contributed by atoms with Gasteiger partial charge >= 0.3 is 0 Å². The summed E-state index contributed by atoms with van der Waals surface area (Å²) in [5.41, 5.74) is 5.40. The van der Waals surface area contributed by atoms with Crippen LogP contribution in [0.1, 0.15) is 32.6 Å². The summed E-state index contributed by atoms with van der Waals surface area (Å²) >= 11 is 4.79. The number of hydrogen-bond acceptors (Lipinski definition) is 2. The molecule has 1 rings (SSSR count). The molecular formula is C10H18N2OS. The fourth-order valence-corrected chi connectivity index (χ4v) is 1.49. The lowest BCUT2D eigenvalue weighted by atomic mass is 10.2. The molecule has 14 heavy (non-hydrogen) atoms. The standard InChI is InChI=1S/C10H18N2OS/c1-2-12(6-5-9(11)14)10(13)7-8-3-4-8/h8H,2-7H2,1H3,(H2,11,14). The van der Waals surface area contributed by atoms with Gasteiger partial charge in [-0.3, -0.25) is 4.79 Å². The number of hydrogen-bond donors (Lipinski definition) is 1. The van der Waals surface area contributed by atoms with E-state index in [4.69, 9.17) is 18.0 Å². The third kappa shape index (κ3) is 4.05. The van der Waals surface area contributed by atoms with Crippen LogP contribution in [0.15, 0.2) is 0 Å². The van der Waals surface area contributed by atoms with Gasteiger partial charge in [0.1, 0.15) is 0 Å². The number of nitrogens with two attached hydrogens (primary N) is 1. The number of thiocarbonyl (C=S) groups is 1. The second-order valence-corrected chi connectivity index (χ2v) is 4.36. The molecule has 4 heteroatoms. The Kier molecular flexibility index (Phi) is 4.32. The van der Waals surface area contributed by atoms with Crippen LogP contribution in [0.5, 0.6) is 0 Å². The molecule has 0 radical (unpaired) electrons. The Morgan fingerprint density at radius 2 is 2.21 bits per heavy atom. The first-order valence-corrected chi connectivity index (χ1v) is 5.60. The molecule has 0 heterocycles. The smallest absolute Gasteiger partial charge is 0.222 e. The van der Waals surface area contributed by atoms with Gasteiger partial charge < -0.3 is 10.6 Å². The molecular weight excluding hydrogens is 196 g/mol. The molecule has 0 unspecified atom stereocenters. The molecule has 0 spiro atoms. The minimum atomic E-state index is 0.256. The zero-order chi connectivity index (χ0) is 10.6. The summed E-state index contributed by atoms with van der Waals surface area (Å²) in [6.45, 7) is 3.43. The van der Waals surface area contributed by atoms with Gasteiger partial charge in [0, 0.05) is 25.9 Å². The van der Waals surface area contributed by atoms with E-state index in [1.54, 1.807) is 0 Å². The van der Waals surface area contributed by atoms with Crippen LogP contribution < -0.4 is 5.73 Å². The molecule has 0 saturated heterocycles. The van der Waals surface area contributed by atoms with Crippen LogP contribution >= 0.6 is 12.2 Å². The van der Waals surface area contributed by atoms with Crippen molar-refractivity contribution in [3.63, 3.8) is 0 Å². The van der Waals surface area contributed by atoms with E-state index in [2.05, 4.69) is 0 Å². The van der Waals surface area contributed by atoms with E-state index in [1.165, 1.54) is 12.8 Å². The first-order valence-electron chi connectivity index (χ1n) is 5.19. The summed E-state index contributed by atoms with van der Waals surface area (Å²) in [6, 6.07) is 0. The van der Waals surface area contributed by atoms with Crippen LogP contribution in [-0.2, 0) is 4.79 Å². The van der Waals surface area contributed by atoms with Crippen molar-refractivity contribution in [3.8, 4) is 0 Å². The van der Waals surface area contributed by atoms with Crippen LogP contribution in [-0.4, -0.2) is 28.9 Å². The van der Waals surface area contributed by atoms with Crippen LogP contribution in [0.2, 0.25) is 0 Å². The van der Waals surface area contributed by atoms with Crippen molar-refractivity contribution in [2.24, 2.45) is 11.7 Å². The van der Waals surface area contributed by atoms with E-state index in [-0.39, 0.29) is 5.91 Å². The summed E-state index contributed by atoms with van der Waals surface area (Å²) in [5.74, 6) is 0.910. The molecule has 0 aromatic carbocycles. The van der Waals surface area contributed by atoms with Crippen LogP contribution in [0.4, 0.5) is 0 Å². The maximum absolute atomic E-state index is 11.7. The zero-order valence-electron chi connectivity index (χ0n) is 8.66. The Morgan fingerprint density at radius 3 is 2.64 bits per heavy atom. The first kappa shape index (κ1) is 11.4. The third-order valence-electron chi connectivity index (χ3n) is 2.52. The molecule has 0 aromatic rings. The number of nitrogens with zero attached hydrogens (tertiary/aromatic N) is 1.